The van der Waals surface area contributed by atoms with Crippen molar-refractivity contribution < 1.29 is 18.0 Å². The Morgan fingerprint density at radius 3 is 2.28 bits per heavy atom. The molecule has 1 atom stereocenters. The number of nitrogens with two attached hydrogens (primary N) is 1. The summed E-state index contributed by atoms with van der Waals surface area (Å²) in [5.41, 5.74) is 7.26. The summed E-state index contributed by atoms with van der Waals surface area (Å²) in [6, 6.07) is 13.1. The highest BCUT2D eigenvalue weighted by Gasteiger charge is 2.28. The van der Waals surface area contributed by atoms with Gasteiger partial charge in [-0.3, -0.25) is 13.9 Å². The molecule has 29 heavy (non-hydrogen) atoms. The minimum atomic E-state index is -3.69. The molecular formula is C21H25N3O4S. The highest BCUT2D eigenvalue weighted by atomic mass is 32.2. The van der Waals surface area contributed by atoms with Gasteiger partial charge in [0.15, 0.2) is 0 Å². The number of amides is 2. The Balaban J connectivity index is 1.76. The first-order valence-electron chi connectivity index (χ1n) is 9.44. The van der Waals surface area contributed by atoms with Crippen LogP contribution in [0.5, 0.6) is 0 Å². The molecule has 2 aromatic carbocycles. The fourth-order valence-corrected chi connectivity index (χ4v) is 4.59. The van der Waals surface area contributed by atoms with Crippen LogP contribution in [0.3, 0.4) is 0 Å². The van der Waals surface area contributed by atoms with Crippen molar-refractivity contribution in [1.29, 1.82) is 0 Å². The minimum Gasteiger partial charge on any atom is -0.369 e. The summed E-state index contributed by atoms with van der Waals surface area (Å²) in [5, 5.41) is 0. The average Bonchev–Trinajstić information content (AvgIpc) is 2.73. The Kier molecular flexibility index (Phi) is 5.93. The van der Waals surface area contributed by atoms with E-state index in [1.165, 1.54) is 11.4 Å². The SMILES string of the molecule is Cc1ccc(S(=O)(=O)N(C)c2ccc(C(=O)N3CCCC(C(N)=O)C3)cc2)cc1. The lowest BCUT2D eigenvalue weighted by molar-refractivity contribution is -0.123. The van der Waals surface area contributed by atoms with Gasteiger partial charge in [-0.2, -0.15) is 0 Å². The molecule has 1 fully saturated rings. The van der Waals surface area contributed by atoms with Gasteiger partial charge in [0, 0.05) is 25.7 Å². The van der Waals surface area contributed by atoms with Gasteiger partial charge in [-0.1, -0.05) is 17.7 Å². The molecule has 2 amide bonds. The van der Waals surface area contributed by atoms with Crippen molar-refractivity contribution in [1.82, 2.24) is 4.90 Å². The second-order valence-corrected chi connectivity index (χ2v) is 9.29. The number of carbonyl (C=O) groups excluding carboxylic acids is 2. The van der Waals surface area contributed by atoms with E-state index in [0.29, 0.717) is 30.8 Å². The topological polar surface area (TPSA) is 101 Å². The van der Waals surface area contributed by atoms with E-state index >= 15 is 0 Å². The number of primary amides is 1. The van der Waals surface area contributed by atoms with E-state index in [1.54, 1.807) is 53.4 Å². The van der Waals surface area contributed by atoms with Gasteiger partial charge in [-0.05, 0) is 56.2 Å². The van der Waals surface area contributed by atoms with Crippen LogP contribution in [0.1, 0.15) is 28.8 Å². The summed E-state index contributed by atoms with van der Waals surface area (Å²) in [6.45, 7) is 2.79. The fraction of sp³-hybridized carbons (Fsp3) is 0.333. The smallest absolute Gasteiger partial charge is 0.264 e. The summed E-state index contributed by atoms with van der Waals surface area (Å²) >= 11 is 0. The van der Waals surface area contributed by atoms with Crippen LogP contribution in [0.25, 0.3) is 0 Å². The van der Waals surface area contributed by atoms with Gasteiger partial charge in [0.25, 0.3) is 15.9 Å². The molecule has 1 unspecified atom stereocenters. The summed E-state index contributed by atoms with van der Waals surface area (Å²) in [4.78, 5) is 26.0. The lowest BCUT2D eigenvalue weighted by Crippen LogP contribution is -2.44. The van der Waals surface area contributed by atoms with Crippen LogP contribution >= 0.6 is 0 Å². The number of anilines is 1. The van der Waals surface area contributed by atoms with Crippen LogP contribution in [-0.2, 0) is 14.8 Å². The van der Waals surface area contributed by atoms with Gasteiger partial charge in [0.1, 0.15) is 0 Å². The zero-order valence-electron chi connectivity index (χ0n) is 16.5. The van der Waals surface area contributed by atoms with Crippen molar-refractivity contribution >= 4 is 27.5 Å². The highest BCUT2D eigenvalue weighted by Crippen LogP contribution is 2.24. The molecule has 0 spiro atoms. The van der Waals surface area contributed by atoms with Crippen molar-refractivity contribution in [3.05, 3.63) is 59.7 Å². The van der Waals surface area contributed by atoms with E-state index in [2.05, 4.69) is 0 Å². The number of rotatable bonds is 5. The predicted octanol–water partition coefficient (Wildman–Crippen LogP) is 2.16. The monoisotopic (exact) mass is 415 g/mol. The number of sulfonamides is 1. The number of carbonyl (C=O) groups is 2. The van der Waals surface area contributed by atoms with Crippen LogP contribution < -0.4 is 10.0 Å². The molecule has 2 aromatic rings. The summed E-state index contributed by atoms with van der Waals surface area (Å²) in [7, 11) is -2.21. The zero-order chi connectivity index (χ0) is 21.2. The van der Waals surface area contributed by atoms with Crippen molar-refractivity contribution in [2.75, 3.05) is 24.4 Å². The second kappa shape index (κ2) is 8.24. The molecule has 1 saturated heterocycles. The zero-order valence-corrected chi connectivity index (χ0v) is 17.4. The van der Waals surface area contributed by atoms with Crippen LogP contribution in [0.4, 0.5) is 5.69 Å². The highest BCUT2D eigenvalue weighted by molar-refractivity contribution is 7.92. The van der Waals surface area contributed by atoms with Crippen LogP contribution in [-0.4, -0.2) is 45.3 Å². The Bertz CT molecular complexity index is 1000. The number of hydrogen-bond acceptors (Lipinski definition) is 4. The maximum atomic E-state index is 12.8. The maximum absolute atomic E-state index is 12.8. The van der Waals surface area contributed by atoms with Crippen molar-refractivity contribution in [3.63, 3.8) is 0 Å². The van der Waals surface area contributed by atoms with Gasteiger partial charge in [0.05, 0.1) is 16.5 Å². The number of piperidine rings is 1. The molecular weight excluding hydrogens is 390 g/mol. The first kappa shape index (κ1) is 20.9. The van der Waals surface area contributed by atoms with E-state index in [-0.39, 0.29) is 22.6 Å². The molecule has 3 rings (SSSR count). The molecule has 0 bridgehead atoms. The van der Waals surface area contributed by atoms with E-state index in [1.807, 2.05) is 6.92 Å². The first-order chi connectivity index (χ1) is 13.7. The molecule has 2 N–H and O–H groups in total. The quantitative estimate of drug-likeness (QED) is 0.809. The Morgan fingerprint density at radius 1 is 1.07 bits per heavy atom. The molecule has 0 aromatic heterocycles. The fourth-order valence-electron chi connectivity index (χ4n) is 3.40. The van der Waals surface area contributed by atoms with E-state index in [4.69, 9.17) is 5.73 Å². The van der Waals surface area contributed by atoms with Crippen molar-refractivity contribution in [3.8, 4) is 0 Å². The van der Waals surface area contributed by atoms with Crippen LogP contribution in [0.2, 0.25) is 0 Å². The molecule has 1 aliphatic heterocycles. The summed E-state index contributed by atoms with van der Waals surface area (Å²) in [6.07, 6.45) is 1.43. The van der Waals surface area contributed by atoms with Gasteiger partial charge in [-0.25, -0.2) is 8.42 Å². The largest absolute Gasteiger partial charge is 0.369 e. The maximum Gasteiger partial charge on any atom is 0.264 e. The number of likely N-dealkylation sites (tertiary alicyclic amines) is 1. The lowest BCUT2D eigenvalue weighted by Gasteiger charge is -2.31. The predicted molar refractivity (Wildman–Crippen MR) is 111 cm³/mol. The van der Waals surface area contributed by atoms with Crippen LogP contribution in [0, 0.1) is 12.8 Å². The molecule has 1 heterocycles. The third kappa shape index (κ3) is 4.42. The van der Waals surface area contributed by atoms with Crippen LogP contribution in [0.15, 0.2) is 53.4 Å². The van der Waals surface area contributed by atoms with Gasteiger partial charge >= 0.3 is 0 Å². The Morgan fingerprint density at radius 2 is 1.69 bits per heavy atom. The van der Waals surface area contributed by atoms with Gasteiger partial charge in [-0.15, -0.1) is 0 Å². The lowest BCUT2D eigenvalue weighted by atomic mass is 9.97. The number of nitrogens with zero attached hydrogens (tertiary/aromatic N) is 2. The molecule has 7 nitrogen and oxygen atoms in total. The summed E-state index contributed by atoms with van der Waals surface area (Å²) < 4.78 is 26.8. The van der Waals surface area contributed by atoms with Gasteiger partial charge in [0.2, 0.25) is 5.91 Å². The molecule has 0 radical (unpaired) electrons. The molecule has 0 saturated carbocycles. The average molecular weight is 416 g/mol. The normalized spacial score (nSPS) is 17.0. The first-order valence-corrected chi connectivity index (χ1v) is 10.9. The molecule has 154 valence electrons. The summed E-state index contributed by atoms with van der Waals surface area (Å²) in [5.74, 6) is -0.898. The van der Waals surface area contributed by atoms with Crippen molar-refractivity contribution in [2.24, 2.45) is 11.7 Å². The third-order valence-corrected chi connectivity index (χ3v) is 7.07. The molecule has 8 heteroatoms. The molecule has 0 aliphatic carbocycles. The Labute approximate surface area is 171 Å². The third-order valence-electron chi connectivity index (χ3n) is 5.27. The van der Waals surface area contributed by atoms with E-state index in [0.717, 1.165) is 12.0 Å². The number of hydrogen-bond donors (Lipinski definition) is 1. The van der Waals surface area contributed by atoms with Gasteiger partial charge < -0.3 is 10.6 Å². The van der Waals surface area contributed by atoms with Crippen molar-refractivity contribution in [2.45, 2.75) is 24.7 Å². The number of benzene rings is 2. The minimum absolute atomic E-state index is 0.188. The second-order valence-electron chi connectivity index (χ2n) is 7.33. The standard InChI is InChI=1S/C21H25N3O4S/c1-15-5-11-19(12-6-15)29(27,28)23(2)18-9-7-16(8-10-18)21(26)24-13-3-4-17(14-24)20(22)25/h5-12,17H,3-4,13-14H2,1-2H3,(H2,22,25). The molecule has 1 aliphatic rings. The van der Waals surface area contributed by atoms with E-state index in [9.17, 15) is 18.0 Å². The Hall–Kier alpha value is -2.87. The van der Waals surface area contributed by atoms with E-state index < -0.39 is 10.0 Å². The number of aryl methyl sites for hydroxylation is 1.